The van der Waals surface area contributed by atoms with Crippen LogP contribution in [0.5, 0.6) is 0 Å². The molecule has 2 rings (SSSR count). The molecule has 2 aliphatic carbocycles. The molecule has 5 heteroatoms. The van der Waals surface area contributed by atoms with Gasteiger partial charge in [0.2, 0.25) is 0 Å². The van der Waals surface area contributed by atoms with Gasteiger partial charge in [-0.3, -0.25) is 9.89 Å². The summed E-state index contributed by atoms with van der Waals surface area (Å²) in [6.45, 7) is 9.66. The quantitative estimate of drug-likeness (QED) is 0.356. The van der Waals surface area contributed by atoms with Crippen molar-refractivity contribution in [3.63, 3.8) is 0 Å². The summed E-state index contributed by atoms with van der Waals surface area (Å²) >= 11 is 0. The molecule has 2 fully saturated rings. The van der Waals surface area contributed by atoms with Crippen molar-refractivity contribution in [2.75, 3.05) is 39.3 Å². The maximum Gasteiger partial charge on any atom is 0.191 e. The fraction of sp³-hybridized carbons (Fsp3) is 0.947. The second-order valence-corrected chi connectivity index (χ2v) is 7.48. The van der Waals surface area contributed by atoms with Gasteiger partial charge in [-0.05, 0) is 57.3 Å². The number of hydrogen-bond acceptors (Lipinski definition) is 3. The highest BCUT2D eigenvalue weighted by molar-refractivity contribution is 5.79. The zero-order chi connectivity index (χ0) is 17.2. The molecule has 24 heavy (non-hydrogen) atoms. The second-order valence-electron chi connectivity index (χ2n) is 7.48. The molecule has 1 atom stereocenters. The number of hydrogen-bond donors (Lipinski definition) is 3. The number of aliphatic hydroxyl groups excluding tert-OH is 1. The fourth-order valence-corrected chi connectivity index (χ4v) is 3.29. The predicted molar refractivity (Wildman–Crippen MR) is 101 cm³/mol. The number of nitrogens with zero attached hydrogens (tertiary/aromatic N) is 2. The van der Waals surface area contributed by atoms with Crippen LogP contribution in [0.25, 0.3) is 0 Å². The van der Waals surface area contributed by atoms with E-state index >= 15 is 0 Å². The normalized spacial score (nSPS) is 19.6. The van der Waals surface area contributed by atoms with E-state index < -0.39 is 0 Å². The van der Waals surface area contributed by atoms with Gasteiger partial charge >= 0.3 is 0 Å². The lowest BCUT2D eigenvalue weighted by molar-refractivity contribution is 0.253. The summed E-state index contributed by atoms with van der Waals surface area (Å²) in [6.07, 6.45) is 8.80. The van der Waals surface area contributed by atoms with Gasteiger partial charge in [0.1, 0.15) is 0 Å². The lowest BCUT2D eigenvalue weighted by Crippen LogP contribution is -2.42. The number of nitrogens with one attached hydrogen (secondary N) is 2. The van der Waals surface area contributed by atoms with Crippen LogP contribution in [0, 0.1) is 11.8 Å². The highest BCUT2D eigenvalue weighted by Gasteiger charge is 2.33. The molecule has 3 N–H and O–H groups in total. The van der Waals surface area contributed by atoms with E-state index in [1.165, 1.54) is 32.2 Å². The van der Waals surface area contributed by atoms with Crippen molar-refractivity contribution in [2.24, 2.45) is 16.8 Å². The third-order valence-electron chi connectivity index (χ3n) is 5.03. The molecule has 0 spiro atoms. The van der Waals surface area contributed by atoms with Crippen LogP contribution in [0.4, 0.5) is 0 Å². The zero-order valence-corrected chi connectivity index (χ0v) is 15.8. The van der Waals surface area contributed by atoms with Gasteiger partial charge in [-0.1, -0.05) is 13.3 Å². The Bertz CT molecular complexity index is 360. The molecule has 0 bridgehead atoms. The Kier molecular flexibility index (Phi) is 8.89. The minimum atomic E-state index is 0.266. The Hall–Kier alpha value is -0.810. The molecule has 0 aromatic carbocycles. The number of rotatable bonds is 13. The van der Waals surface area contributed by atoms with E-state index in [0.29, 0.717) is 5.92 Å². The molecular formula is C19H38N4O. The summed E-state index contributed by atoms with van der Waals surface area (Å²) in [5.74, 6) is 2.40. The van der Waals surface area contributed by atoms with E-state index in [2.05, 4.69) is 29.4 Å². The van der Waals surface area contributed by atoms with Crippen LogP contribution in [0.15, 0.2) is 4.99 Å². The van der Waals surface area contributed by atoms with Gasteiger partial charge in [0.15, 0.2) is 5.96 Å². The van der Waals surface area contributed by atoms with Crippen LogP contribution >= 0.6 is 0 Å². The van der Waals surface area contributed by atoms with Gasteiger partial charge in [0.05, 0.1) is 0 Å². The SMILES string of the molecule is CCCC(CCO)CN=C(NCC)NCCN(CC1CC1)C1CC1. The molecule has 2 aliphatic rings. The Morgan fingerprint density at radius 3 is 2.54 bits per heavy atom. The van der Waals surface area contributed by atoms with E-state index in [4.69, 9.17) is 4.99 Å². The Morgan fingerprint density at radius 2 is 1.96 bits per heavy atom. The van der Waals surface area contributed by atoms with Gasteiger partial charge < -0.3 is 15.7 Å². The molecule has 0 amide bonds. The second kappa shape index (κ2) is 10.9. The maximum atomic E-state index is 9.18. The molecule has 0 aliphatic heterocycles. The van der Waals surface area contributed by atoms with Gasteiger partial charge in [-0.15, -0.1) is 0 Å². The number of guanidine groups is 1. The first-order chi connectivity index (χ1) is 11.8. The van der Waals surface area contributed by atoms with E-state index in [1.807, 2.05) is 0 Å². The summed E-state index contributed by atoms with van der Waals surface area (Å²) in [5, 5.41) is 16.0. The summed E-state index contributed by atoms with van der Waals surface area (Å²) in [4.78, 5) is 7.43. The standard InChI is InChI=1S/C19H38N4O/c1-3-5-16(10-13-24)14-22-19(20-4-2)21-11-12-23(18-8-9-18)15-17-6-7-17/h16-18,24H,3-15H2,1-2H3,(H2,20,21,22). The molecule has 1 unspecified atom stereocenters. The van der Waals surface area contributed by atoms with Gasteiger partial charge in [-0.2, -0.15) is 0 Å². The molecule has 0 radical (unpaired) electrons. The fourth-order valence-electron chi connectivity index (χ4n) is 3.29. The van der Waals surface area contributed by atoms with E-state index in [0.717, 1.165) is 63.4 Å². The predicted octanol–water partition coefficient (Wildman–Crippen LogP) is 2.21. The first-order valence-electron chi connectivity index (χ1n) is 10.1. The van der Waals surface area contributed by atoms with Crippen LogP contribution in [0.1, 0.15) is 58.8 Å². The van der Waals surface area contributed by atoms with Crippen molar-refractivity contribution in [2.45, 2.75) is 64.8 Å². The molecule has 5 nitrogen and oxygen atoms in total. The lowest BCUT2D eigenvalue weighted by atomic mass is 10.0. The maximum absolute atomic E-state index is 9.18. The topological polar surface area (TPSA) is 59.9 Å². The van der Waals surface area contributed by atoms with Gasteiger partial charge in [-0.25, -0.2) is 0 Å². The zero-order valence-electron chi connectivity index (χ0n) is 15.8. The molecule has 140 valence electrons. The summed E-state index contributed by atoms with van der Waals surface area (Å²) in [7, 11) is 0. The molecule has 2 saturated carbocycles. The first-order valence-corrected chi connectivity index (χ1v) is 10.1. The third-order valence-corrected chi connectivity index (χ3v) is 5.03. The van der Waals surface area contributed by atoms with Crippen LogP contribution in [-0.4, -0.2) is 61.3 Å². The smallest absolute Gasteiger partial charge is 0.191 e. The number of aliphatic hydroxyl groups is 1. The first kappa shape index (κ1) is 19.5. The molecule has 0 heterocycles. The van der Waals surface area contributed by atoms with Crippen molar-refractivity contribution in [1.82, 2.24) is 15.5 Å². The average Bonchev–Trinajstić information content (AvgIpc) is 3.45. The number of aliphatic imine (C=N–C) groups is 1. The van der Waals surface area contributed by atoms with Crippen LogP contribution in [0.3, 0.4) is 0 Å². The van der Waals surface area contributed by atoms with Crippen molar-refractivity contribution >= 4 is 5.96 Å². The van der Waals surface area contributed by atoms with Crippen LogP contribution in [0.2, 0.25) is 0 Å². The van der Waals surface area contributed by atoms with E-state index in [1.54, 1.807) is 0 Å². The highest BCUT2D eigenvalue weighted by Crippen LogP contribution is 2.34. The van der Waals surface area contributed by atoms with Crippen LogP contribution in [-0.2, 0) is 0 Å². The lowest BCUT2D eigenvalue weighted by Gasteiger charge is -2.22. The average molecular weight is 339 g/mol. The van der Waals surface area contributed by atoms with Crippen molar-refractivity contribution in [1.29, 1.82) is 0 Å². The molecule has 0 aromatic heterocycles. The van der Waals surface area contributed by atoms with E-state index in [-0.39, 0.29) is 6.61 Å². The monoisotopic (exact) mass is 338 g/mol. The van der Waals surface area contributed by atoms with Crippen molar-refractivity contribution in [3.8, 4) is 0 Å². The third kappa shape index (κ3) is 7.84. The van der Waals surface area contributed by atoms with Crippen molar-refractivity contribution < 1.29 is 5.11 Å². The highest BCUT2D eigenvalue weighted by atomic mass is 16.3. The van der Waals surface area contributed by atoms with Gasteiger partial charge in [0, 0.05) is 45.4 Å². The Balaban J connectivity index is 1.72. The minimum Gasteiger partial charge on any atom is -0.396 e. The van der Waals surface area contributed by atoms with Gasteiger partial charge in [0.25, 0.3) is 0 Å². The molecular weight excluding hydrogens is 300 g/mol. The molecule has 0 saturated heterocycles. The summed E-state index contributed by atoms with van der Waals surface area (Å²) < 4.78 is 0. The summed E-state index contributed by atoms with van der Waals surface area (Å²) in [5.41, 5.74) is 0. The van der Waals surface area contributed by atoms with E-state index in [9.17, 15) is 5.11 Å². The Labute approximate surface area is 148 Å². The minimum absolute atomic E-state index is 0.266. The molecule has 0 aromatic rings. The summed E-state index contributed by atoms with van der Waals surface area (Å²) in [6, 6.07) is 0.852. The van der Waals surface area contributed by atoms with Crippen LogP contribution < -0.4 is 10.6 Å². The Morgan fingerprint density at radius 1 is 1.17 bits per heavy atom. The van der Waals surface area contributed by atoms with Crippen molar-refractivity contribution in [3.05, 3.63) is 0 Å². The largest absolute Gasteiger partial charge is 0.396 e.